The van der Waals surface area contributed by atoms with E-state index in [2.05, 4.69) is 15.3 Å². The molecule has 2 heterocycles. The highest BCUT2D eigenvalue weighted by Gasteiger charge is 2.16. The summed E-state index contributed by atoms with van der Waals surface area (Å²) in [5.74, 6) is -0.528. The van der Waals surface area contributed by atoms with E-state index in [9.17, 15) is 14.9 Å². The number of nitro groups is 1. The van der Waals surface area contributed by atoms with Crippen LogP contribution in [0.15, 0.2) is 17.6 Å². The van der Waals surface area contributed by atoms with Gasteiger partial charge in [-0.25, -0.2) is 9.97 Å². The highest BCUT2D eigenvalue weighted by atomic mass is 32.1. The molecule has 9 heteroatoms. The van der Waals surface area contributed by atoms with Gasteiger partial charge < -0.3 is 11.1 Å². The largest absolute Gasteiger partial charge is 0.383 e. The fourth-order valence-corrected chi connectivity index (χ4v) is 2.42. The highest BCUT2D eigenvalue weighted by Crippen LogP contribution is 2.16. The van der Waals surface area contributed by atoms with E-state index >= 15 is 0 Å². The second-order valence-corrected chi connectivity index (χ2v) is 5.21. The van der Waals surface area contributed by atoms with Crippen molar-refractivity contribution in [1.82, 2.24) is 15.3 Å². The third-order valence-corrected chi connectivity index (χ3v) is 3.68. The number of nitrogens with two attached hydrogens (primary N) is 1. The van der Waals surface area contributed by atoms with Crippen molar-refractivity contribution in [1.29, 1.82) is 0 Å². The first-order valence-electron chi connectivity index (χ1n) is 6.06. The number of rotatable bonds is 5. The lowest BCUT2D eigenvalue weighted by Crippen LogP contribution is -2.26. The molecule has 110 valence electrons. The van der Waals surface area contributed by atoms with Crippen molar-refractivity contribution in [3.8, 4) is 0 Å². The normalized spacial score (nSPS) is 10.3. The van der Waals surface area contributed by atoms with E-state index in [1.54, 1.807) is 0 Å². The van der Waals surface area contributed by atoms with E-state index in [0.29, 0.717) is 13.0 Å². The molecule has 2 aromatic rings. The maximum atomic E-state index is 12.0. The highest BCUT2D eigenvalue weighted by molar-refractivity contribution is 7.09. The summed E-state index contributed by atoms with van der Waals surface area (Å²) in [5.41, 5.74) is 6.24. The predicted molar refractivity (Wildman–Crippen MR) is 78.2 cm³/mol. The molecule has 0 fully saturated rings. The molecule has 0 aliphatic carbocycles. The van der Waals surface area contributed by atoms with E-state index in [1.165, 1.54) is 11.3 Å². The number of aryl methyl sites for hydroxylation is 1. The SMILES string of the molecule is Cc1csc(CCNC(=O)c2cc([N+](=O)[O-])cnc2N)n1. The zero-order valence-electron chi connectivity index (χ0n) is 11.2. The number of pyridine rings is 1. The van der Waals surface area contributed by atoms with Crippen molar-refractivity contribution in [3.63, 3.8) is 0 Å². The van der Waals surface area contributed by atoms with Gasteiger partial charge in [-0.2, -0.15) is 0 Å². The summed E-state index contributed by atoms with van der Waals surface area (Å²) >= 11 is 1.52. The van der Waals surface area contributed by atoms with Crippen LogP contribution in [0.5, 0.6) is 0 Å². The molecule has 0 saturated carbocycles. The van der Waals surface area contributed by atoms with Crippen LogP contribution in [0.3, 0.4) is 0 Å². The van der Waals surface area contributed by atoms with Crippen LogP contribution in [0.25, 0.3) is 0 Å². The number of nitrogens with one attached hydrogen (secondary N) is 1. The molecule has 0 saturated heterocycles. The van der Waals surface area contributed by atoms with Crippen molar-refractivity contribution in [2.75, 3.05) is 12.3 Å². The van der Waals surface area contributed by atoms with Gasteiger partial charge in [-0.15, -0.1) is 11.3 Å². The van der Waals surface area contributed by atoms with Crippen molar-refractivity contribution < 1.29 is 9.72 Å². The molecule has 0 unspecified atom stereocenters. The van der Waals surface area contributed by atoms with Gasteiger partial charge in [0.05, 0.1) is 15.5 Å². The van der Waals surface area contributed by atoms with E-state index in [1.807, 2.05) is 12.3 Å². The van der Waals surface area contributed by atoms with Crippen LogP contribution in [0.1, 0.15) is 21.1 Å². The van der Waals surface area contributed by atoms with Crippen molar-refractivity contribution >= 4 is 28.7 Å². The predicted octanol–water partition coefficient (Wildman–Crippen LogP) is 1.31. The Balaban J connectivity index is 1.99. The molecule has 1 amide bonds. The smallest absolute Gasteiger partial charge is 0.288 e. The zero-order valence-corrected chi connectivity index (χ0v) is 12.0. The third kappa shape index (κ3) is 3.72. The van der Waals surface area contributed by atoms with Gasteiger partial charge in [-0.3, -0.25) is 14.9 Å². The Morgan fingerprint density at radius 1 is 1.57 bits per heavy atom. The van der Waals surface area contributed by atoms with Crippen molar-refractivity contribution in [3.05, 3.63) is 44.0 Å². The minimum atomic E-state index is -0.623. The molecular weight excluding hydrogens is 294 g/mol. The molecule has 0 radical (unpaired) electrons. The van der Waals surface area contributed by atoms with Crippen LogP contribution in [-0.2, 0) is 6.42 Å². The van der Waals surface area contributed by atoms with Gasteiger partial charge in [-0.1, -0.05) is 0 Å². The molecular formula is C12H13N5O3S. The Morgan fingerprint density at radius 3 is 2.95 bits per heavy atom. The van der Waals surface area contributed by atoms with Crippen molar-refractivity contribution in [2.24, 2.45) is 0 Å². The number of nitrogens with zero attached hydrogens (tertiary/aromatic N) is 3. The Labute approximate surface area is 124 Å². The topological polar surface area (TPSA) is 124 Å². The van der Waals surface area contributed by atoms with Gasteiger partial charge in [0, 0.05) is 30.1 Å². The number of nitrogen functional groups attached to an aromatic ring is 1. The molecule has 0 aliphatic heterocycles. The standard InChI is InChI=1S/C12H13N5O3S/c1-7-6-21-10(16-7)2-3-14-12(18)9-4-8(17(19)20)5-15-11(9)13/h4-6H,2-3H2,1H3,(H2,13,15)(H,14,18). The Bertz CT molecular complexity index is 685. The van der Waals surface area contributed by atoms with Gasteiger partial charge >= 0.3 is 0 Å². The molecule has 0 bridgehead atoms. The lowest BCUT2D eigenvalue weighted by atomic mass is 10.2. The Morgan fingerprint density at radius 2 is 2.33 bits per heavy atom. The molecule has 0 aliphatic rings. The van der Waals surface area contributed by atoms with Crippen LogP contribution in [0.2, 0.25) is 0 Å². The minimum absolute atomic E-state index is 0.000445. The van der Waals surface area contributed by atoms with Crippen molar-refractivity contribution in [2.45, 2.75) is 13.3 Å². The summed E-state index contributed by atoms with van der Waals surface area (Å²) in [6.07, 6.45) is 1.61. The van der Waals surface area contributed by atoms with Gasteiger partial charge in [0.1, 0.15) is 12.0 Å². The molecule has 8 nitrogen and oxygen atoms in total. The lowest BCUT2D eigenvalue weighted by Gasteiger charge is -2.05. The molecule has 3 N–H and O–H groups in total. The molecule has 21 heavy (non-hydrogen) atoms. The number of hydrogen-bond donors (Lipinski definition) is 2. The van der Waals surface area contributed by atoms with Gasteiger partial charge in [0.15, 0.2) is 0 Å². The second kappa shape index (κ2) is 6.27. The molecule has 0 atom stereocenters. The summed E-state index contributed by atoms with van der Waals surface area (Å²) in [6, 6.07) is 1.12. The number of aromatic nitrogens is 2. The van der Waals surface area contributed by atoms with Gasteiger partial charge in [0.2, 0.25) is 0 Å². The number of thiazole rings is 1. The van der Waals surface area contributed by atoms with Crippen LogP contribution in [0.4, 0.5) is 11.5 Å². The average Bonchev–Trinajstić information content (AvgIpc) is 2.84. The first kappa shape index (κ1) is 14.9. The van der Waals surface area contributed by atoms with E-state index in [-0.39, 0.29) is 17.1 Å². The summed E-state index contributed by atoms with van der Waals surface area (Å²) in [7, 11) is 0. The zero-order chi connectivity index (χ0) is 15.4. The lowest BCUT2D eigenvalue weighted by molar-refractivity contribution is -0.385. The van der Waals surface area contributed by atoms with Crippen LogP contribution >= 0.6 is 11.3 Å². The van der Waals surface area contributed by atoms with E-state index < -0.39 is 10.8 Å². The number of anilines is 1. The van der Waals surface area contributed by atoms with Crippen LogP contribution in [-0.4, -0.2) is 27.3 Å². The molecule has 2 aromatic heterocycles. The Kier molecular flexibility index (Phi) is 4.43. The number of carbonyl (C=O) groups excluding carboxylic acids is 1. The summed E-state index contributed by atoms with van der Waals surface area (Å²) in [5, 5.41) is 16.2. The van der Waals surface area contributed by atoms with Gasteiger partial charge in [-0.05, 0) is 6.92 Å². The quantitative estimate of drug-likeness (QED) is 0.634. The number of carbonyl (C=O) groups is 1. The third-order valence-electron chi connectivity index (χ3n) is 2.65. The van der Waals surface area contributed by atoms with E-state index in [0.717, 1.165) is 23.0 Å². The molecule has 0 spiro atoms. The first-order chi connectivity index (χ1) is 9.97. The average molecular weight is 307 g/mol. The molecule has 2 rings (SSSR count). The summed E-state index contributed by atoms with van der Waals surface area (Å²) in [6.45, 7) is 2.27. The van der Waals surface area contributed by atoms with Gasteiger partial charge in [0.25, 0.3) is 11.6 Å². The fraction of sp³-hybridized carbons (Fsp3) is 0.250. The van der Waals surface area contributed by atoms with Crippen LogP contribution in [0, 0.1) is 17.0 Å². The fourth-order valence-electron chi connectivity index (χ4n) is 1.64. The molecule has 0 aromatic carbocycles. The number of amides is 1. The van der Waals surface area contributed by atoms with E-state index in [4.69, 9.17) is 5.73 Å². The minimum Gasteiger partial charge on any atom is -0.383 e. The Hall–Kier alpha value is -2.55. The maximum Gasteiger partial charge on any atom is 0.288 e. The maximum absolute atomic E-state index is 12.0. The number of hydrogen-bond acceptors (Lipinski definition) is 7. The first-order valence-corrected chi connectivity index (χ1v) is 6.94. The second-order valence-electron chi connectivity index (χ2n) is 4.27. The summed E-state index contributed by atoms with van der Waals surface area (Å²) < 4.78 is 0. The summed E-state index contributed by atoms with van der Waals surface area (Å²) in [4.78, 5) is 29.9. The monoisotopic (exact) mass is 307 g/mol. The van der Waals surface area contributed by atoms with Crippen LogP contribution < -0.4 is 11.1 Å².